The van der Waals surface area contributed by atoms with Crippen LogP contribution in [0, 0.1) is 5.92 Å². The number of benzene rings is 1. The summed E-state index contributed by atoms with van der Waals surface area (Å²) in [7, 11) is 0. The number of alkyl halides is 1. The lowest BCUT2D eigenvalue weighted by Gasteiger charge is -2.06. The predicted octanol–water partition coefficient (Wildman–Crippen LogP) is 2.95. The molecule has 0 aliphatic heterocycles. The minimum atomic E-state index is 0.0883. The molecule has 0 spiro atoms. The fourth-order valence-corrected chi connectivity index (χ4v) is 3.22. The van der Waals surface area contributed by atoms with Crippen molar-refractivity contribution in [1.82, 2.24) is 10.3 Å². The summed E-state index contributed by atoms with van der Waals surface area (Å²) in [4.78, 5) is 14.9. The quantitative estimate of drug-likeness (QED) is 0.635. The van der Waals surface area contributed by atoms with Crippen LogP contribution in [0.3, 0.4) is 0 Å². The van der Waals surface area contributed by atoms with Gasteiger partial charge in [0.05, 0.1) is 9.94 Å². The third-order valence-electron chi connectivity index (χ3n) is 3.82. The molecule has 1 amide bonds. The molecule has 4 heteroatoms. The number of carbonyl (C=O) groups is 1. The van der Waals surface area contributed by atoms with Crippen LogP contribution in [0.1, 0.15) is 23.7 Å². The van der Waals surface area contributed by atoms with Crippen molar-refractivity contribution in [3.63, 3.8) is 0 Å². The van der Waals surface area contributed by atoms with Gasteiger partial charge in [-0.3, -0.25) is 4.79 Å². The van der Waals surface area contributed by atoms with Crippen molar-refractivity contribution in [3.8, 4) is 0 Å². The van der Waals surface area contributed by atoms with E-state index in [-0.39, 0.29) is 5.91 Å². The number of nitrogens with one attached hydrogen (secondary N) is 2. The predicted molar refractivity (Wildman–Crippen MR) is 85.6 cm³/mol. The van der Waals surface area contributed by atoms with Gasteiger partial charge in [-0.05, 0) is 29.9 Å². The number of carbonyl (C=O) groups excluding carboxylic acids is 1. The molecule has 1 atom stereocenters. The van der Waals surface area contributed by atoms with E-state index in [1.807, 2.05) is 0 Å². The largest absolute Gasteiger partial charge is 0.358 e. The molecule has 2 aromatic rings. The minimum absolute atomic E-state index is 0.0883. The lowest BCUT2D eigenvalue weighted by molar-refractivity contribution is -0.118. The average molecular weight is 368 g/mol. The van der Waals surface area contributed by atoms with Crippen LogP contribution in [0.5, 0.6) is 0 Å². The molecule has 3 nitrogen and oxygen atoms in total. The van der Waals surface area contributed by atoms with Gasteiger partial charge < -0.3 is 10.3 Å². The zero-order chi connectivity index (χ0) is 13.4. The molecule has 1 unspecified atom stereocenters. The molecule has 3 rings (SSSR count). The number of para-hydroxylation sites is 1. The molecule has 0 saturated carbocycles. The number of amides is 1. The number of hydrogen-bond acceptors (Lipinski definition) is 1. The average Bonchev–Trinajstić information content (AvgIpc) is 2.92. The van der Waals surface area contributed by atoms with Gasteiger partial charge in [0.25, 0.3) is 0 Å². The van der Waals surface area contributed by atoms with Crippen LogP contribution in [0.25, 0.3) is 10.9 Å². The number of aromatic nitrogens is 1. The van der Waals surface area contributed by atoms with Gasteiger partial charge >= 0.3 is 0 Å². The Bertz CT molecular complexity index is 632. The smallest absolute Gasteiger partial charge is 0.230 e. The first kappa shape index (κ1) is 13.0. The highest BCUT2D eigenvalue weighted by atomic mass is 127. The second-order valence-corrected chi connectivity index (χ2v) is 6.11. The summed E-state index contributed by atoms with van der Waals surface area (Å²) in [5, 5.41) is 4.28. The zero-order valence-corrected chi connectivity index (χ0v) is 13.1. The van der Waals surface area contributed by atoms with E-state index in [1.165, 1.54) is 34.1 Å². The third kappa shape index (κ3) is 2.38. The highest BCUT2D eigenvalue weighted by Gasteiger charge is 2.23. The lowest BCUT2D eigenvalue weighted by Crippen LogP contribution is -2.23. The molecule has 0 fully saturated rings. The van der Waals surface area contributed by atoms with Gasteiger partial charge in [0.15, 0.2) is 0 Å². The first-order chi connectivity index (χ1) is 9.19. The maximum Gasteiger partial charge on any atom is 0.230 e. The molecular weight excluding hydrogens is 351 g/mol. The summed E-state index contributed by atoms with van der Waals surface area (Å²) < 4.78 is 0.506. The van der Waals surface area contributed by atoms with Crippen LogP contribution in [-0.4, -0.2) is 15.3 Å². The van der Waals surface area contributed by atoms with Crippen molar-refractivity contribution in [3.05, 3.63) is 35.0 Å². The van der Waals surface area contributed by atoms with Gasteiger partial charge in [0.1, 0.15) is 0 Å². The van der Waals surface area contributed by atoms with E-state index < -0.39 is 0 Å². The van der Waals surface area contributed by atoms with E-state index in [1.54, 1.807) is 0 Å². The summed E-state index contributed by atoms with van der Waals surface area (Å²) in [6.07, 6.45) is 2.31. The van der Waals surface area contributed by atoms with Crippen molar-refractivity contribution < 1.29 is 4.79 Å². The highest BCUT2D eigenvalue weighted by Crippen LogP contribution is 2.33. The van der Waals surface area contributed by atoms with Crippen LogP contribution >= 0.6 is 22.6 Å². The Hall–Kier alpha value is -1.04. The Morgan fingerprint density at radius 3 is 3.11 bits per heavy atom. The zero-order valence-electron chi connectivity index (χ0n) is 10.9. The molecule has 0 saturated heterocycles. The van der Waals surface area contributed by atoms with E-state index in [2.05, 4.69) is 58.0 Å². The Kier molecular flexibility index (Phi) is 3.52. The first-order valence-electron chi connectivity index (χ1n) is 6.63. The van der Waals surface area contributed by atoms with Gasteiger partial charge in [-0.1, -0.05) is 47.7 Å². The van der Waals surface area contributed by atoms with E-state index >= 15 is 0 Å². The summed E-state index contributed by atoms with van der Waals surface area (Å²) in [6.45, 7) is 2.90. The van der Waals surface area contributed by atoms with Crippen molar-refractivity contribution >= 4 is 39.4 Å². The number of halogens is 1. The molecule has 0 radical (unpaired) electrons. The van der Waals surface area contributed by atoms with Gasteiger partial charge in [-0.15, -0.1) is 0 Å². The lowest BCUT2D eigenvalue weighted by atomic mass is 10.0. The second kappa shape index (κ2) is 5.15. The Morgan fingerprint density at radius 2 is 2.32 bits per heavy atom. The molecule has 2 N–H and O–H groups in total. The summed E-state index contributed by atoms with van der Waals surface area (Å²) in [6, 6.07) is 6.36. The number of aromatic amines is 1. The third-order valence-corrected chi connectivity index (χ3v) is 4.51. The first-order valence-corrected chi connectivity index (χ1v) is 8.15. The Morgan fingerprint density at radius 1 is 1.47 bits per heavy atom. The molecule has 1 aromatic heterocycles. The van der Waals surface area contributed by atoms with Crippen LogP contribution in [0.2, 0.25) is 0 Å². The maximum absolute atomic E-state index is 11.4. The molecule has 19 heavy (non-hydrogen) atoms. The van der Waals surface area contributed by atoms with Crippen molar-refractivity contribution in [2.24, 2.45) is 5.92 Å². The van der Waals surface area contributed by atoms with Gasteiger partial charge in [0.2, 0.25) is 5.91 Å². The highest BCUT2D eigenvalue weighted by molar-refractivity contribution is 14.1. The normalized spacial score (nSPS) is 17.7. The Balaban J connectivity index is 1.94. The monoisotopic (exact) mass is 368 g/mol. The topological polar surface area (TPSA) is 44.9 Å². The van der Waals surface area contributed by atoms with E-state index in [0.717, 1.165) is 12.3 Å². The second-order valence-electron chi connectivity index (χ2n) is 5.35. The molecular formula is C15H17IN2O. The van der Waals surface area contributed by atoms with Gasteiger partial charge in [-0.25, -0.2) is 0 Å². The maximum atomic E-state index is 11.4. The minimum Gasteiger partial charge on any atom is -0.358 e. The number of H-pyrrole nitrogens is 1. The molecule has 1 aliphatic rings. The van der Waals surface area contributed by atoms with E-state index in [9.17, 15) is 4.79 Å². The fourth-order valence-electron chi connectivity index (χ4n) is 2.95. The molecule has 1 heterocycles. The molecule has 1 aromatic carbocycles. The number of hydrogen-bond donors (Lipinski definition) is 2. The van der Waals surface area contributed by atoms with Gasteiger partial charge in [-0.2, -0.15) is 0 Å². The summed E-state index contributed by atoms with van der Waals surface area (Å²) in [5.41, 5.74) is 5.24. The van der Waals surface area contributed by atoms with Crippen LogP contribution in [-0.2, 0) is 24.2 Å². The van der Waals surface area contributed by atoms with E-state index in [0.29, 0.717) is 11.0 Å². The van der Waals surface area contributed by atoms with E-state index in [4.69, 9.17) is 0 Å². The molecule has 1 aliphatic carbocycles. The van der Waals surface area contributed by atoms with Crippen LogP contribution in [0.15, 0.2) is 18.2 Å². The van der Waals surface area contributed by atoms with Gasteiger partial charge in [0, 0.05) is 17.6 Å². The van der Waals surface area contributed by atoms with Crippen molar-refractivity contribution in [1.29, 1.82) is 0 Å². The van der Waals surface area contributed by atoms with Crippen molar-refractivity contribution in [2.45, 2.75) is 26.3 Å². The van der Waals surface area contributed by atoms with Crippen LogP contribution < -0.4 is 5.32 Å². The number of rotatable bonds is 3. The van der Waals surface area contributed by atoms with Crippen molar-refractivity contribution in [2.75, 3.05) is 4.43 Å². The van der Waals surface area contributed by atoms with Crippen LogP contribution in [0.4, 0.5) is 0 Å². The molecule has 0 bridgehead atoms. The Labute approximate surface area is 126 Å². The number of fused-ring (bicyclic) bond motifs is 3. The SMILES string of the molecule is CC1Cc2[nH]c3c(CNC(=O)CI)cccc3c2C1. The fraction of sp³-hybridized carbons (Fsp3) is 0.400. The summed E-state index contributed by atoms with van der Waals surface area (Å²) >= 11 is 2.08. The summed E-state index contributed by atoms with van der Waals surface area (Å²) in [5.74, 6) is 0.832. The molecule has 100 valence electrons. The standard InChI is InChI=1S/C15H17IN2O/c1-9-5-12-11-4-2-3-10(8-17-14(19)7-16)15(11)18-13(12)6-9/h2-4,9,18H,5-8H2,1H3,(H,17,19).